The summed E-state index contributed by atoms with van der Waals surface area (Å²) in [6.07, 6.45) is 5.19. The summed E-state index contributed by atoms with van der Waals surface area (Å²) in [6, 6.07) is 8.44. The fourth-order valence-corrected chi connectivity index (χ4v) is 4.39. The summed E-state index contributed by atoms with van der Waals surface area (Å²) in [5.74, 6) is -0.814. The van der Waals surface area contributed by atoms with Gasteiger partial charge < -0.3 is 0 Å². The van der Waals surface area contributed by atoms with Gasteiger partial charge in [-0.3, -0.25) is 9.89 Å². The van der Waals surface area contributed by atoms with Crippen molar-refractivity contribution in [2.24, 2.45) is 11.8 Å². The first-order valence-electron chi connectivity index (χ1n) is 8.04. The Morgan fingerprint density at radius 2 is 2.29 bits per heavy atom. The molecule has 5 heteroatoms. The molecule has 4 nitrogen and oxygen atoms in total. The van der Waals surface area contributed by atoms with E-state index in [0.717, 1.165) is 29.7 Å². The molecule has 1 aromatic heterocycles. The molecule has 1 N–H and O–H groups in total. The molecule has 0 bridgehead atoms. The Morgan fingerprint density at radius 3 is 3.04 bits per heavy atom. The summed E-state index contributed by atoms with van der Waals surface area (Å²) in [5, 5.41) is 16.8. The molecule has 0 saturated heterocycles. The molecule has 1 heterocycles. The third kappa shape index (κ3) is 1.83. The Bertz CT molecular complexity index is 907. The number of nitrogens with one attached hydrogen (secondary N) is 1. The Kier molecular flexibility index (Phi) is 3.17. The molecule has 2 aliphatic carbocycles. The van der Waals surface area contributed by atoms with Crippen molar-refractivity contribution in [3.63, 3.8) is 0 Å². The van der Waals surface area contributed by atoms with Crippen LogP contribution < -0.4 is 0 Å². The molecule has 24 heavy (non-hydrogen) atoms. The van der Waals surface area contributed by atoms with Crippen molar-refractivity contribution in [1.82, 2.24) is 10.2 Å². The van der Waals surface area contributed by atoms with Crippen LogP contribution in [-0.2, 0) is 16.6 Å². The zero-order valence-corrected chi connectivity index (χ0v) is 13.2. The molecule has 120 valence electrons. The number of hydrogen-bond donors (Lipinski definition) is 1. The summed E-state index contributed by atoms with van der Waals surface area (Å²) in [4.78, 5) is 12.5. The summed E-state index contributed by atoms with van der Waals surface area (Å²) in [7, 11) is 0. The van der Waals surface area contributed by atoms with Crippen LogP contribution in [0, 0.1) is 29.0 Å². The van der Waals surface area contributed by atoms with Gasteiger partial charge in [-0.05, 0) is 48.1 Å². The molecular weight excluding hydrogens is 305 g/mol. The number of rotatable bonds is 1. The zero-order chi connectivity index (χ0) is 16.9. The van der Waals surface area contributed by atoms with Crippen LogP contribution in [-0.4, -0.2) is 16.0 Å². The first-order chi connectivity index (χ1) is 11.6. The van der Waals surface area contributed by atoms with Crippen LogP contribution >= 0.6 is 0 Å². The quantitative estimate of drug-likeness (QED) is 0.877. The molecule has 2 unspecified atom stereocenters. The molecule has 0 amide bonds. The first kappa shape index (κ1) is 14.8. The lowest BCUT2D eigenvalue weighted by atomic mass is 9.54. The van der Waals surface area contributed by atoms with Gasteiger partial charge in [0.1, 0.15) is 11.9 Å². The first-order valence-corrected chi connectivity index (χ1v) is 8.04. The SMILES string of the molecule is CC1C(=O)C(C#N)=C[C@]2(c3cccc(F)c3)c3n[nH]cc3CCC12. The molecule has 0 aliphatic heterocycles. The fourth-order valence-electron chi connectivity index (χ4n) is 4.39. The van der Waals surface area contributed by atoms with Crippen LogP contribution in [0.2, 0.25) is 0 Å². The Morgan fingerprint density at radius 1 is 1.46 bits per heavy atom. The van der Waals surface area contributed by atoms with Crippen LogP contribution in [0.15, 0.2) is 42.1 Å². The standard InChI is InChI=1S/C19H16FN3O/c1-11-16-6-5-12-10-22-23-18(12)19(16,8-13(9-21)17(11)24)14-3-2-4-15(20)7-14/h2-4,7-8,10-11,16H,5-6H2,1H3,(H,22,23)/t11?,16?,19-/m1/s1. The van der Waals surface area contributed by atoms with Crippen molar-refractivity contribution in [2.75, 3.05) is 0 Å². The number of H-pyrrole nitrogens is 1. The van der Waals surface area contributed by atoms with Crippen molar-refractivity contribution < 1.29 is 9.18 Å². The topological polar surface area (TPSA) is 69.5 Å². The molecule has 1 aromatic carbocycles. The molecule has 2 aliphatic rings. The van der Waals surface area contributed by atoms with E-state index < -0.39 is 5.41 Å². The second-order valence-corrected chi connectivity index (χ2v) is 6.61. The largest absolute Gasteiger partial charge is 0.293 e. The van der Waals surface area contributed by atoms with E-state index in [4.69, 9.17) is 0 Å². The predicted octanol–water partition coefficient (Wildman–Crippen LogP) is 3.07. The number of aromatic amines is 1. The van der Waals surface area contributed by atoms with Crippen molar-refractivity contribution in [1.29, 1.82) is 5.26 Å². The van der Waals surface area contributed by atoms with Gasteiger partial charge in [0.25, 0.3) is 0 Å². The van der Waals surface area contributed by atoms with Gasteiger partial charge in [-0.1, -0.05) is 19.1 Å². The maximum atomic E-state index is 14.0. The van der Waals surface area contributed by atoms with E-state index in [1.807, 2.05) is 25.3 Å². The van der Waals surface area contributed by atoms with Crippen molar-refractivity contribution in [2.45, 2.75) is 25.2 Å². The number of ketones is 1. The molecule has 3 atom stereocenters. The highest BCUT2D eigenvalue weighted by Crippen LogP contribution is 2.53. The molecule has 2 aromatic rings. The number of benzene rings is 1. The average molecular weight is 321 g/mol. The van der Waals surface area contributed by atoms with Gasteiger partial charge in [-0.25, -0.2) is 4.39 Å². The van der Waals surface area contributed by atoms with E-state index in [0.29, 0.717) is 0 Å². The maximum Gasteiger partial charge on any atom is 0.176 e. The van der Waals surface area contributed by atoms with E-state index in [-0.39, 0.29) is 29.0 Å². The van der Waals surface area contributed by atoms with E-state index in [1.54, 1.807) is 12.1 Å². The van der Waals surface area contributed by atoms with Gasteiger partial charge in [0.05, 0.1) is 16.7 Å². The van der Waals surface area contributed by atoms with Gasteiger partial charge in [-0.2, -0.15) is 10.4 Å². The van der Waals surface area contributed by atoms with Crippen molar-refractivity contribution in [3.05, 3.63) is 64.7 Å². The van der Waals surface area contributed by atoms with E-state index >= 15 is 0 Å². The van der Waals surface area contributed by atoms with E-state index in [1.165, 1.54) is 12.1 Å². The highest BCUT2D eigenvalue weighted by atomic mass is 19.1. The number of aromatic nitrogens is 2. The highest BCUT2D eigenvalue weighted by molar-refractivity contribution is 6.02. The lowest BCUT2D eigenvalue weighted by molar-refractivity contribution is -0.121. The van der Waals surface area contributed by atoms with Gasteiger partial charge in [0, 0.05) is 12.1 Å². The number of Topliss-reactive ketones (excluding diaryl/α,β-unsaturated/α-hetero) is 1. The molecule has 0 saturated carbocycles. The van der Waals surface area contributed by atoms with Gasteiger partial charge in [0.2, 0.25) is 0 Å². The van der Waals surface area contributed by atoms with Crippen LogP contribution in [0.25, 0.3) is 0 Å². The van der Waals surface area contributed by atoms with Crippen LogP contribution in [0.1, 0.15) is 30.2 Å². The number of carbonyl (C=O) groups excluding carboxylic acids is 1. The lowest BCUT2D eigenvalue weighted by Gasteiger charge is -2.46. The monoisotopic (exact) mass is 321 g/mol. The third-order valence-corrected chi connectivity index (χ3v) is 5.50. The van der Waals surface area contributed by atoms with Crippen molar-refractivity contribution in [3.8, 4) is 6.07 Å². The molecular formula is C19H16FN3O. The van der Waals surface area contributed by atoms with Gasteiger partial charge >= 0.3 is 0 Å². The smallest absolute Gasteiger partial charge is 0.176 e. The minimum atomic E-state index is -0.742. The van der Waals surface area contributed by atoms with E-state index in [2.05, 4.69) is 10.2 Å². The Hall–Kier alpha value is -2.74. The number of halogens is 1. The summed E-state index contributed by atoms with van der Waals surface area (Å²) in [6.45, 7) is 1.86. The van der Waals surface area contributed by atoms with Gasteiger partial charge in [-0.15, -0.1) is 0 Å². The Balaban J connectivity index is 2.08. The minimum Gasteiger partial charge on any atom is -0.293 e. The highest BCUT2D eigenvalue weighted by Gasteiger charge is 2.53. The normalized spacial score (nSPS) is 28.5. The number of hydrogen-bond acceptors (Lipinski definition) is 3. The molecule has 0 radical (unpaired) electrons. The summed E-state index contributed by atoms with van der Waals surface area (Å²) >= 11 is 0. The number of fused-ring (bicyclic) bond motifs is 3. The minimum absolute atomic E-state index is 0.0419. The number of allylic oxidation sites excluding steroid dienone is 2. The predicted molar refractivity (Wildman–Crippen MR) is 85.4 cm³/mol. The number of nitriles is 1. The van der Waals surface area contributed by atoms with Crippen LogP contribution in [0.4, 0.5) is 4.39 Å². The maximum absolute atomic E-state index is 14.0. The van der Waals surface area contributed by atoms with Crippen LogP contribution in [0.5, 0.6) is 0 Å². The van der Waals surface area contributed by atoms with Gasteiger partial charge in [0.15, 0.2) is 5.78 Å². The molecule has 0 spiro atoms. The molecule has 4 rings (SSSR count). The second kappa shape index (κ2) is 5.13. The zero-order valence-electron chi connectivity index (χ0n) is 13.2. The lowest BCUT2D eigenvalue weighted by Crippen LogP contribution is -2.48. The van der Waals surface area contributed by atoms with Crippen LogP contribution in [0.3, 0.4) is 0 Å². The molecule has 0 fully saturated rings. The fraction of sp³-hybridized carbons (Fsp3) is 0.316. The number of aryl methyl sites for hydroxylation is 1. The number of nitrogens with zero attached hydrogens (tertiary/aromatic N) is 2. The summed E-state index contributed by atoms with van der Waals surface area (Å²) < 4.78 is 14.0. The second-order valence-electron chi connectivity index (χ2n) is 6.61. The third-order valence-electron chi connectivity index (χ3n) is 5.50. The summed E-state index contributed by atoms with van der Waals surface area (Å²) in [5.41, 5.74) is 2.00. The average Bonchev–Trinajstić information content (AvgIpc) is 3.07. The van der Waals surface area contributed by atoms with E-state index in [9.17, 15) is 14.4 Å². The van der Waals surface area contributed by atoms with Crippen molar-refractivity contribution >= 4 is 5.78 Å². The number of carbonyl (C=O) groups is 1. The Labute approximate surface area is 139 Å².